The van der Waals surface area contributed by atoms with Crippen molar-refractivity contribution in [3.8, 4) is 0 Å². The van der Waals surface area contributed by atoms with Gasteiger partial charge in [-0.25, -0.2) is 0 Å². The second-order valence-corrected chi connectivity index (χ2v) is 10.3. The fraction of sp³-hybridized carbons (Fsp3) is 0.250. The zero-order valence-electron chi connectivity index (χ0n) is 11.9. The fourth-order valence-electron chi connectivity index (χ4n) is 2.30. The minimum atomic E-state index is -1.74. The van der Waals surface area contributed by atoms with Gasteiger partial charge in [-0.15, -0.1) is 0 Å². The van der Waals surface area contributed by atoms with E-state index < -0.39 is 8.07 Å². The van der Waals surface area contributed by atoms with Gasteiger partial charge in [0.15, 0.2) is 0 Å². The summed E-state index contributed by atoms with van der Waals surface area (Å²) in [6.45, 7) is 4.70. The maximum atomic E-state index is 6.39. The molecule has 19 heavy (non-hydrogen) atoms. The summed E-state index contributed by atoms with van der Waals surface area (Å²) in [6, 6.07) is 17.0. The smallest absolute Gasteiger partial charge is 0.114 e. The third-order valence-electron chi connectivity index (χ3n) is 3.63. The van der Waals surface area contributed by atoms with Crippen molar-refractivity contribution in [1.29, 1.82) is 0 Å². The fourth-order valence-corrected chi connectivity index (χ4v) is 5.67. The summed E-state index contributed by atoms with van der Waals surface area (Å²) in [7, 11) is 2.41. The summed E-state index contributed by atoms with van der Waals surface area (Å²) in [4.78, 5) is 2.14. The molecule has 0 unspecified atom stereocenters. The molecule has 0 radical (unpaired) electrons. The molecule has 0 atom stereocenters. The standard InChI is InChI=1S/C16H20ClNSi/c1-18(2)13-8-7-9-14(12-13)19(3,4)16-11-6-5-10-15(16)17/h5-12H,1-4H3. The van der Waals surface area contributed by atoms with Crippen molar-refractivity contribution in [2.45, 2.75) is 13.1 Å². The highest BCUT2D eigenvalue weighted by molar-refractivity contribution is 7.01. The van der Waals surface area contributed by atoms with Crippen LogP contribution in [0.25, 0.3) is 0 Å². The Labute approximate surface area is 121 Å². The molecule has 0 aliphatic heterocycles. The molecular formula is C16H20ClNSi. The molecule has 2 aromatic rings. The van der Waals surface area contributed by atoms with Gasteiger partial charge in [0, 0.05) is 24.8 Å². The number of hydrogen-bond donors (Lipinski definition) is 0. The van der Waals surface area contributed by atoms with Gasteiger partial charge in [-0.2, -0.15) is 0 Å². The minimum absolute atomic E-state index is 0.884. The molecule has 2 rings (SSSR count). The number of nitrogens with zero attached hydrogens (tertiary/aromatic N) is 1. The first kappa shape index (κ1) is 14.2. The van der Waals surface area contributed by atoms with E-state index in [4.69, 9.17) is 11.6 Å². The largest absolute Gasteiger partial charge is 0.378 e. The van der Waals surface area contributed by atoms with Crippen LogP contribution in [-0.2, 0) is 0 Å². The van der Waals surface area contributed by atoms with E-state index in [0.717, 1.165) is 5.02 Å². The predicted octanol–water partition coefficient (Wildman–Crippen LogP) is 3.23. The quantitative estimate of drug-likeness (QED) is 0.784. The molecule has 0 aliphatic carbocycles. The summed E-state index contributed by atoms with van der Waals surface area (Å²) in [5.41, 5.74) is 1.24. The maximum Gasteiger partial charge on any atom is 0.114 e. The number of hydrogen-bond acceptors (Lipinski definition) is 1. The first-order valence-corrected chi connectivity index (χ1v) is 9.83. The molecule has 0 N–H and O–H groups in total. The Balaban J connectivity index is 2.50. The number of halogens is 1. The Morgan fingerprint density at radius 3 is 2.26 bits per heavy atom. The van der Waals surface area contributed by atoms with E-state index in [1.807, 2.05) is 12.1 Å². The highest BCUT2D eigenvalue weighted by atomic mass is 35.5. The van der Waals surface area contributed by atoms with Crippen LogP contribution in [-0.4, -0.2) is 22.2 Å². The zero-order chi connectivity index (χ0) is 14.0. The first-order chi connectivity index (χ1) is 8.93. The van der Waals surface area contributed by atoms with E-state index in [1.165, 1.54) is 16.1 Å². The van der Waals surface area contributed by atoms with E-state index in [1.54, 1.807) is 0 Å². The first-order valence-electron chi connectivity index (χ1n) is 6.46. The van der Waals surface area contributed by atoms with Crippen molar-refractivity contribution in [1.82, 2.24) is 0 Å². The number of rotatable bonds is 3. The van der Waals surface area contributed by atoms with Crippen LogP contribution in [0.3, 0.4) is 0 Å². The summed E-state index contributed by atoms with van der Waals surface area (Å²) in [5.74, 6) is 0. The zero-order valence-corrected chi connectivity index (χ0v) is 13.7. The lowest BCUT2D eigenvalue weighted by molar-refractivity contribution is 1.13. The summed E-state index contributed by atoms with van der Waals surface area (Å²) >= 11 is 6.39. The second-order valence-electron chi connectivity index (χ2n) is 5.55. The van der Waals surface area contributed by atoms with Gasteiger partial charge in [-0.1, -0.05) is 60.2 Å². The van der Waals surface area contributed by atoms with Crippen LogP contribution in [0.1, 0.15) is 0 Å². The van der Waals surface area contributed by atoms with Crippen molar-refractivity contribution >= 4 is 35.7 Å². The van der Waals surface area contributed by atoms with Gasteiger partial charge in [-0.3, -0.25) is 0 Å². The van der Waals surface area contributed by atoms with Gasteiger partial charge in [0.1, 0.15) is 8.07 Å². The third-order valence-corrected chi connectivity index (χ3v) is 7.66. The van der Waals surface area contributed by atoms with Crippen molar-refractivity contribution in [3.63, 3.8) is 0 Å². The highest BCUT2D eigenvalue weighted by Gasteiger charge is 2.28. The molecule has 0 heterocycles. The Hall–Kier alpha value is -1.25. The van der Waals surface area contributed by atoms with Gasteiger partial charge in [0.2, 0.25) is 0 Å². The van der Waals surface area contributed by atoms with Crippen LogP contribution in [0.5, 0.6) is 0 Å². The molecule has 2 aromatic carbocycles. The molecular weight excluding hydrogens is 270 g/mol. The van der Waals surface area contributed by atoms with E-state index in [9.17, 15) is 0 Å². The molecule has 0 amide bonds. The Bertz CT molecular complexity index is 578. The molecule has 0 saturated carbocycles. The van der Waals surface area contributed by atoms with E-state index >= 15 is 0 Å². The maximum absolute atomic E-state index is 6.39. The topological polar surface area (TPSA) is 3.24 Å². The molecule has 100 valence electrons. The Morgan fingerprint density at radius 2 is 1.63 bits per heavy atom. The van der Waals surface area contributed by atoms with Crippen molar-refractivity contribution in [2.75, 3.05) is 19.0 Å². The van der Waals surface area contributed by atoms with Crippen LogP contribution < -0.4 is 15.3 Å². The molecule has 1 nitrogen and oxygen atoms in total. The molecule has 0 saturated heterocycles. The molecule has 0 aliphatic rings. The lowest BCUT2D eigenvalue weighted by atomic mass is 10.3. The lowest BCUT2D eigenvalue weighted by Gasteiger charge is -2.26. The lowest BCUT2D eigenvalue weighted by Crippen LogP contribution is -2.53. The minimum Gasteiger partial charge on any atom is -0.378 e. The van der Waals surface area contributed by atoms with Gasteiger partial charge in [0.25, 0.3) is 0 Å². The van der Waals surface area contributed by atoms with Crippen molar-refractivity contribution < 1.29 is 0 Å². The number of benzene rings is 2. The molecule has 0 spiro atoms. The summed E-state index contributed by atoms with van der Waals surface area (Å²) in [6.07, 6.45) is 0. The van der Waals surface area contributed by atoms with E-state index in [0.29, 0.717) is 0 Å². The number of anilines is 1. The Kier molecular flexibility index (Phi) is 4.02. The van der Waals surface area contributed by atoms with Crippen molar-refractivity contribution in [2.24, 2.45) is 0 Å². The van der Waals surface area contributed by atoms with Crippen LogP contribution in [0.4, 0.5) is 5.69 Å². The summed E-state index contributed by atoms with van der Waals surface area (Å²) in [5, 5.41) is 3.59. The molecule has 3 heteroatoms. The molecule has 0 aromatic heterocycles. The van der Waals surface area contributed by atoms with Gasteiger partial charge in [0.05, 0.1) is 0 Å². The average Bonchev–Trinajstić information content (AvgIpc) is 2.39. The van der Waals surface area contributed by atoms with Crippen LogP contribution in [0.15, 0.2) is 48.5 Å². The molecule has 0 fully saturated rings. The highest BCUT2D eigenvalue weighted by Crippen LogP contribution is 2.15. The van der Waals surface area contributed by atoms with Gasteiger partial charge in [-0.05, 0) is 23.4 Å². The van der Waals surface area contributed by atoms with E-state index in [-0.39, 0.29) is 0 Å². The predicted molar refractivity (Wildman–Crippen MR) is 89.0 cm³/mol. The Morgan fingerprint density at radius 1 is 0.947 bits per heavy atom. The van der Waals surface area contributed by atoms with Crippen LogP contribution in [0, 0.1) is 0 Å². The van der Waals surface area contributed by atoms with E-state index in [2.05, 4.69) is 68.5 Å². The molecule has 0 bridgehead atoms. The van der Waals surface area contributed by atoms with Gasteiger partial charge >= 0.3 is 0 Å². The second kappa shape index (κ2) is 5.39. The van der Waals surface area contributed by atoms with Crippen LogP contribution in [0.2, 0.25) is 18.1 Å². The van der Waals surface area contributed by atoms with Crippen LogP contribution >= 0.6 is 11.6 Å². The average molecular weight is 290 g/mol. The SMILES string of the molecule is CN(C)c1cccc([Si](C)(C)c2ccccc2Cl)c1. The van der Waals surface area contributed by atoms with Crippen molar-refractivity contribution in [3.05, 3.63) is 53.6 Å². The monoisotopic (exact) mass is 289 g/mol. The van der Waals surface area contributed by atoms with Gasteiger partial charge < -0.3 is 4.90 Å². The third kappa shape index (κ3) is 2.85. The summed E-state index contributed by atoms with van der Waals surface area (Å²) < 4.78 is 0. The normalized spacial score (nSPS) is 11.4.